The highest BCUT2D eigenvalue weighted by Crippen LogP contribution is 2.29. The van der Waals surface area contributed by atoms with E-state index in [1.54, 1.807) is 16.2 Å². The number of likely N-dealkylation sites (tertiary alicyclic amines) is 1. The Morgan fingerprint density at radius 2 is 2.08 bits per heavy atom. The van der Waals surface area contributed by atoms with Gasteiger partial charge in [-0.3, -0.25) is 4.79 Å². The van der Waals surface area contributed by atoms with Crippen LogP contribution in [0.3, 0.4) is 0 Å². The summed E-state index contributed by atoms with van der Waals surface area (Å²) in [6, 6.07) is 7.58. The van der Waals surface area contributed by atoms with Gasteiger partial charge in [0.2, 0.25) is 11.8 Å². The number of nitrogens with zero attached hydrogens (tertiary/aromatic N) is 3. The first-order valence-corrected chi connectivity index (χ1v) is 9.06. The van der Waals surface area contributed by atoms with Crippen molar-refractivity contribution in [3.8, 4) is 11.5 Å². The van der Waals surface area contributed by atoms with Crippen LogP contribution in [-0.4, -0.2) is 34.1 Å². The maximum Gasteiger partial charge on any atom is 0.253 e. The second-order valence-corrected chi connectivity index (χ2v) is 6.83. The first-order valence-electron chi connectivity index (χ1n) is 8.11. The monoisotopic (exact) mass is 357 g/mol. The average Bonchev–Trinajstić information content (AvgIpc) is 3.33. The number of halogens is 1. The van der Waals surface area contributed by atoms with Gasteiger partial charge in [-0.2, -0.15) is 11.3 Å². The summed E-state index contributed by atoms with van der Waals surface area (Å²) in [7, 11) is 0. The molecule has 0 unspecified atom stereocenters. The zero-order valence-corrected chi connectivity index (χ0v) is 14.2. The first kappa shape index (κ1) is 16.0. The third kappa shape index (κ3) is 3.32. The Labute approximate surface area is 148 Å². The lowest BCUT2D eigenvalue weighted by atomic mass is 9.97. The Kier molecular flexibility index (Phi) is 4.31. The molecule has 1 amide bonds. The van der Waals surface area contributed by atoms with Crippen molar-refractivity contribution >= 4 is 17.2 Å². The van der Waals surface area contributed by atoms with E-state index in [1.807, 2.05) is 16.8 Å². The second kappa shape index (κ2) is 6.76. The summed E-state index contributed by atoms with van der Waals surface area (Å²) in [6.45, 7) is 1.21. The number of piperidine rings is 1. The Hall–Kier alpha value is -2.54. The van der Waals surface area contributed by atoms with E-state index in [4.69, 9.17) is 4.42 Å². The lowest BCUT2D eigenvalue weighted by molar-refractivity contribution is 0.0698. The van der Waals surface area contributed by atoms with E-state index in [-0.39, 0.29) is 17.6 Å². The lowest BCUT2D eigenvalue weighted by Crippen LogP contribution is -2.39. The molecular weight excluding hydrogens is 341 g/mol. The van der Waals surface area contributed by atoms with Crippen molar-refractivity contribution in [2.75, 3.05) is 13.1 Å². The number of carbonyl (C=O) groups excluding carboxylic acids is 1. The molecule has 0 bridgehead atoms. The fraction of sp³-hybridized carbons (Fsp3) is 0.278. The summed E-state index contributed by atoms with van der Waals surface area (Å²) in [5, 5.41) is 12.2. The third-order valence-electron chi connectivity index (χ3n) is 4.36. The molecule has 1 aromatic carbocycles. The molecule has 1 saturated heterocycles. The summed E-state index contributed by atoms with van der Waals surface area (Å²) in [4.78, 5) is 14.4. The molecule has 4 rings (SSSR count). The number of carbonyl (C=O) groups is 1. The van der Waals surface area contributed by atoms with Crippen molar-refractivity contribution in [1.82, 2.24) is 15.1 Å². The highest BCUT2D eigenvalue weighted by molar-refractivity contribution is 7.08. The largest absolute Gasteiger partial charge is 0.420 e. The summed E-state index contributed by atoms with van der Waals surface area (Å²) in [5.74, 6) is 0.663. The van der Waals surface area contributed by atoms with Crippen LogP contribution < -0.4 is 0 Å². The van der Waals surface area contributed by atoms with Gasteiger partial charge in [-0.05, 0) is 48.6 Å². The van der Waals surface area contributed by atoms with Crippen LogP contribution >= 0.6 is 11.3 Å². The summed E-state index contributed by atoms with van der Waals surface area (Å²) in [5.41, 5.74) is 1.41. The molecule has 25 heavy (non-hydrogen) atoms. The summed E-state index contributed by atoms with van der Waals surface area (Å²) < 4.78 is 18.9. The SMILES string of the molecule is O=C(c1ccc(F)cc1)N1CCC[C@@H](c2nnc(-c3ccsc3)o2)C1. The van der Waals surface area contributed by atoms with Crippen molar-refractivity contribution in [2.45, 2.75) is 18.8 Å². The molecule has 5 nitrogen and oxygen atoms in total. The van der Waals surface area contributed by atoms with E-state index >= 15 is 0 Å². The fourth-order valence-corrected chi connectivity index (χ4v) is 3.67. The standard InChI is InChI=1S/C18H16FN3O2S/c19-15-5-3-12(4-6-15)18(23)22-8-1-2-13(10-22)16-20-21-17(24-16)14-7-9-25-11-14/h3-7,9,11,13H,1-2,8,10H2/t13-/m1/s1. The van der Waals surface area contributed by atoms with Crippen LogP contribution in [0.4, 0.5) is 4.39 Å². The van der Waals surface area contributed by atoms with E-state index in [0.29, 0.717) is 30.4 Å². The van der Waals surface area contributed by atoms with Crippen molar-refractivity contribution < 1.29 is 13.6 Å². The van der Waals surface area contributed by atoms with Crippen LogP contribution in [0.25, 0.3) is 11.5 Å². The van der Waals surface area contributed by atoms with E-state index in [1.165, 1.54) is 24.3 Å². The van der Waals surface area contributed by atoms with Crippen LogP contribution in [0.5, 0.6) is 0 Å². The van der Waals surface area contributed by atoms with Gasteiger partial charge in [0.1, 0.15) is 5.82 Å². The quantitative estimate of drug-likeness (QED) is 0.712. The van der Waals surface area contributed by atoms with Crippen molar-refractivity contribution in [3.05, 3.63) is 58.4 Å². The Morgan fingerprint density at radius 3 is 2.84 bits per heavy atom. The van der Waals surface area contributed by atoms with E-state index < -0.39 is 0 Å². The topological polar surface area (TPSA) is 59.2 Å². The molecule has 0 aliphatic carbocycles. The van der Waals surface area contributed by atoms with Gasteiger partial charge in [0.05, 0.1) is 5.92 Å². The third-order valence-corrected chi connectivity index (χ3v) is 5.04. The van der Waals surface area contributed by atoms with Crippen molar-refractivity contribution in [2.24, 2.45) is 0 Å². The Bertz CT molecular complexity index is 861. The smallest absolute Gasteiger partial charge is 0.253 e. The maximum atomic E-state index is 13.0. The predicted octanol–water partition coefficient (Wildman–Crippen LogP) is 3.96. The molecular formula is C18H16FN3O2S. The normalized spacial score (nSPS) is 17.6. The average molecular weight is 357 g/mol. The number of thiophene rings is 1. The molecule has 128 valence electrons. The number of benzene rings is 1. The Balaban J connectivity index is 1.49. The number of aromatic nitrogens is 2. The molecule has 3 aromatic rings. The van der Waals surface area contributed by atoms with Crippen LogP contribution in [-0.2, 0) is 0 Å². The number of amides is 1. The molecule has 1 aliphatic heterocycles. The predicted molar refractivity (Wildman–Crippen MR) is 91.9 cm³/mol. The van der Waals surface area contributed by atoms with Gasteiger partial charge in [0, 0.05) is 29.6 Å². The van der Waals surface area contributed by atoms with E-state index in [9.17, 15) is 9.18 Å². The molecule has 0 spiro atoms. The van der Waals surface area contributed by atoms with Crippen molar-refractivity contribution in [3.63, 3.8) is 0 Å². The van der Waals surface area contributed by atoms with Crippen LogP contribution in [0.15, 0.2) is 45.5 Å². The second-order valence-electron chi connectivity index (χ2n) is 6.05. The highest BCUT2D eigenvalue weighted by atomic mass is 32.1. The lowest BCUT2D eigenvalue weighted by Gasteiger charge is -2.31. The van der Waals surface area contributed by atoms with E-state index in [2.05, 4.69) is 10.2 Å². The summed E-state index contributed by atoms with van der Waals surface area (Å²) >= 11 is 1.57. The molecule has 2 aromatic heterocycles. The molecule has 1 fully saturated rings. The van der Waals surface area contributed by atoms with Crippen LogP contribution in [0.2, 0.25) is 0 Å². The minimum atomic E-state index is -0.347. The minimum absolute atomic E-state index is 0.0260. The zero-order valence-electron chi connectivity index (χ0n) is 13.4. The van der Waals surface area contributed by atoms with Gasteiger partial charge < -0.3 is 9.32 Å². The first-order chi connectivity index (χ1) is 12.2. The zero-order chi connectivity index (χ0) is 17.2. The van der Waals surface area contributed by atoms with Crippen LogP contribution in [0, 0.1) is 5.82 Å². The molecule has 0 N–H and O–H groups in total. The highest BCUT2D eigenvalue weighted by Gasteiger charge is 2.29. The number of hydrogen-bond acceptors (Lipinski definition) is 5. The maximum absolute atomic E-state index is 13.0. The molecule has 0 saturated carbocycles. The van der Waals surface area contributed by atoms with Gasteiger partial charge in [-0.1, -0.05) is 0 Å². The van der Waals surface area contributed by atoms with Gasteiger partial charge in [-0.25, -0.2) is 4.39 Å². The van der Waals surface area contributed by atoms with E-state index in [0.717, 1.165) is 18.4 Å². The molecule has 7 heteroatoms. The number of hydrogen-bond donors (Lipinski definition) is 0. The van der Waals surface area contributed by atoms with Gasteiger partial charge in [0.15, 0.2) is 0 Å². The van der Waals surface area contributed by atoms with Gasteiger partial charge >= 0.3 is 0 Å². The van der Waals surface area contributed by atoms with Gasteiger partial charge in [-0.15, -0.1) is 10.2 Å². The van der Waals surface area contributed by atoms with Crippen molar-refractivity contribution in [1.29, 1.82) is 0 Å². The molecule has 0 radical (unpaired) electrons. The minimum Gasteiger partial charge on any atom is -0.420 e. The van der Waals surface area contributed by atoms with Crippen LogP contribution in [0.1, 0.15) is 35.0 Å². The molecule has 1 aliphatic rings. The molecule has 3 heterocycles. The molecule has 1 atom stereocenters. The Morgan fingerprint density at radius 1 is 1.24 bits per heavy atom. The summed E-state index contributed by atoms with van der Waals surface area (Å²) in [6.07, 6.45) is 1.77. The van der Waals surface area contributed by atoms with Gasteiger partial charge in [0.25, 0.3) is 5.91 Å². The number of rotatable bonds is 3. The fourth-order valence-electron chi connectivity index (χ4n) is 3.04.